The van der Waals surface area contributed by atoms with Gasteiger partial charge in [0, 0.05) is 16.1 Å². The van der Waals surface area contributed by atoms with Crippen molar-refractivity contribution < 1.29 is 14.0 Å². The van der Waals surface area contributed by atoms with Crippen LogP contribution in [0.1, 0.15) is 11.5 Å². The molecule has 5 nitrogen and oxygen atoms in total. The Kier molecular flexibility index (Phi) is 4.96. The van der Waals surface area contributed by atoms with Crippen molar-refractivity contribution in [1.29, 1.82) is 0 Å². The molecule has 0 saturated heterocycles. The van der Waals surface area contributed by atoms with Crippen LogP contribution in [0, 0.1) is 0 Å². The molecule has 0 saturated carbocycles. The Morgan fingerprint density at radius 1 is 0.958 bits per heavy atom. The summed E-state index contributed by atoms with van der Waals surface area (Å²) in [5, 5.41) is 3.99. The summed E-state index contributed by atoms with van der Waals surface area (Å²) < 4.78 is 16.8. The molecule has 1 aromatic heterocycles. The molecular weight excluding hydrogens is 372 g/mol. The molecule has 24 heavy (non-hydrogen) atoms. The zero-order chi connectivity index (χ0) is 16.9. The van der Waals surface area contributed by atoms with Crippen LogP contribution in [0.15, 0.2) is 51.5 Å². The SMILES string of the molecule is COc1ccc(/C=C/c2nc(-c3ccc(Br)cc3)no2)cc1OC. The number of benzene rings is 2. The monoisotopic (exact) mass is 386 g/mol. The zero-order valence-electron chi connectivity index (χ0n) is 13.2. The largest absolute Gasteiger partial charge is 0.493 e. The molecule has 122 valence electrons. The normalized spacial score (nSPS) is 11.0. The Morgan fingerprint density at radius 3 is 2.42 bits per heavy atom. The van der Waals surface area contributed by atoms with E-state index in [2.05, 4.69) is 26.1 Å². The van der Waals surface area contributed by atoms with Gasteiger partial charge < -0.3 is 14.0 Å². The summed E-state index contributed by atoms with van der Waals surface area (Å²) in [6, 6.07) is 13.4. The van der Waals surface area contributed by atoms with Gasteiger partial charge in [0.1, 0.15) is 0 Å². The van der Waals surface area contributed by atoms with Crippen molar-refractivity contribution in [2.75, 3.05) is 14.2 Å². The maximum absolute atomic E-state index is 5.29. The lowest BCUT2D eigenvalue weighted by atomic mass is 10.2. The van der Waals surface area contributed by atoms with Crippen LogP contribution in [-0.4, -0.2) is 24.4 Å². The molecule has 1 heterocycles. The number of halogens is 1. The van der Waals surface area contributed by atoms with Crippen molar-refractivity contribution in [2.24, 2.45) is 0 Å². The second-order valence-corrected chi connectivity index (χ2v) is 5.83. The summed E-state index contributed by atoms with van der Waals surface area (Å²) in [4.78, 5) is 4.37. The highest BCUT2D eigenvalue weighted by atomic mass is 79.9. The van der Waals surface area contributed by atoms with Crippen molar-refractivity contribution in [2.45, 2.75) is 0 Å². The second-order valence-electron chi connectivity index (χ2n) is 4.91. The number of hydrogen-bond acceptors (Lipinski definition) is 5. The fraction of sp³-hybridized carbons (Fsp3) is 0.111. The molecule has 6 heteroatoms. The molecule has 0 radical (unpaired) electrons. The summed E-state index contributed by atoms with van der Waals surface area (Å²) in [6.45, 7) is 0. The lowest BCUT2D eigenvalue weighted by Crippen LogP contribution is -1.90. The summed E-state index contributed by atoms with van der Waals surface area (Å²) in [6.07, 6.45) is 3.64. The second kappa shape index (κ2) is 7.31. The van der Waals surface area contributed by atoms with Crippen LogP contribution in [-0.2, 0) is 0 Å². The molecule has 0 unspecified atom stereocenters. The first-order valence-corrected chi connectivity index (χ1v) is 7.98. The average Bonchev–Trinajstić information content (AvgIpc) is 3.09. The predicted molar refractivity (Wildman–Crippen MR) is 95.9 cm³/mol. The van der Waals surface area contributed by atoms with Gasteiger partial charge in [-0.2, -0.15) is 4.98 Å². The molecular formula is C18H15BrN2O3. The Labute approximate surface area is 148 Å². The average molecular weight is 387 g/mol. The Bertz CT molecular complexity index is 857. The van der Waals surface area contributed by atoms with Crippen LogP contribution >= 0.6 is 15.9 Å². The minimum absolute atomic E-state index is 0.433. The fourth-order valence-electron chi connectivity index (χ4n) is 2.14. The van der Waals surface area contributed by atoms with Crippen LogP contribution in [0.5, 0.6) is 11.5 Å². The Hall–Kier alpha value is -2.60. The van der Waals surface area contributed by atoms with Gasteiger partial charge in [-0.05, 0) is 48.0 Å². The molecule has 0 aliphatic rings. The lowest BCUT2D eigenvalue weighted by molar-refractivity contribution is 0.355. The van der Waals surface area contributed by atoms with Crippen LogP contribution < -0.4 is 9.47 Å². The third-order valence-electron chi connectivity index (χ3n) is 3.37. The molecule has 0 amide bonds. The first-order valence-electron chi connectivity index (χ1n) is 7.19. The zero-order valence-corrected chi connectivity index (χ0v) is 14.8. The lowest BCUT2D eigenvalue weighted by Gasteiger charge is -2.07. The van der Waals surface area contributed by atoms with Gasteiger partial charge in [0.15, 0.2) is 11.5 Å². The van der Waals surface area contributed by atoms with Gasteiger partial charge in [0.05, 0.1) is 14.2 Å². The van der Waals surface area contributed by atoms with E-state index in [0.717, 1.165) is 15.6 Å². The number of ether oxygens (including phenoxy) is 2. The number of rotatable bonds is 5. The van der Waals surface area contributed by atoms with Gasteiger partial charge in [0.25, 0.3) is 5.89 Å². The number of hydrogen-bond donors (Lipinski definition) is 0. The quantitative estimate of drug-likeness (QED) is 0.636. The maximum Gasteiger partial charge on any atom is 0.250 e. The van der Waals surface area contributed by atoms with Gasteiger partial charge in [-0.25, -0.2) is 0 Å². The topological polar surface area (TPSA) is 57.4 Å². The van der Waals surface area contributed by atoms with E-state index in [4.69, 9.17) is 14.0 Å². The minimum atomic E-state index is 0.433. The first kappa shape index (κ1) is 16.3. The van der Waals surface area contributed by atoms with Crippen molar-refractivity contribution in [3.8, 4) is 22.9 Å². The Balaban J connectivity index is 1.79. The van der Waals surface area contributed by atoms with Crippen molar-refractivity contribution >= 4 is 28.1 Å². The molecule has 0 spiro atoms. The van der Waals surface area contributed by atoms with E-state index < -0.39 is 0 Å². The molecule has 0 atom stereocenters. The molecule has 3 aromatic rings. The summed E-state index contributed by atoms with van der Waals surface area (Å²) in [5.41, 5.74) is 1.84. The van der Waals surface area contributed by atoms with Crippen molar-refractivity contribution in [1.82, 2.24) is 10.1 Å². The maximum atomic E-state index is 5.29. The standard InChI is InChI=1S/C18H15BrN2O3/c1-22-15-9-3-12(11-16(15)23-2)4-10-17-20-18(21-24-17)13-5-7-14(19)8-6-13/h3-11H,1-2H3/b10-4+. The molecule has 0 bridgehead atoms. The van der Waals surface area contributed by atoms with Crippen molar-refractivity contribution in [3.05, 3.63) is 58.4 Å². The molecule has 0 aliphatic carbocycles. The van der Waals surface area contributed by atoms with E-state index in [1.54, 1.807) is 20.3 Å². The fourth-order valence-corrected chi connectivity index (χ4v) is 2.41. The van der Waals surface area contributed by atoms with E-state index in [1.165, 1.54) is 0 Å². The van der Waals surface area contributed by atoms with Gasteiger partial charge >= 0.3 is 0 Å². The highest BCUT2D eigenvalue weighted by Crippen LogP contribution is 2.28. The number of aromatic nitrogens is 2. The van der Waals surface area contributed by atoms with E-state index in [-0.39, 0.29) is 0 Å². The molecule has 0 N–H and O–H groups in total. The van der Waals surface area contributed by atoms with Gasteiger partial charge in [-0.15, -0.1) is 0 Å². The van der Waals surface area contributed by atoms with Crippen LogP contribution in [0.2, 0.25) is 0 Å². The van der Waals surface area contributed by atoms with E-state index in [9.17, 15) is 0 Å². The third kappa shape index (κ3) is 3.65. The van der Waals surface area contributed by atoms with Crippen molar-refractivity contribution in [3.63, 3.8) is 0 Å². The number of methoxy groups -OCH3 is 2. The van der Waals surface area contributed by atoms with Gasteiger partial charge in [-0.1, -0.05) is 27.2 Å². The smallest absolute Gasteiger partial charge is 0.250 e. The highest BCUT2D eigenvalue weighted by Gasteiger charge is 2.07. The van der Waals surface area contributed by atoms with E-state index in [1.807, 2.05) is 48.5 Å². The molecule has 2 aromatic carbocycles. The molecule has 3 rings (SSSR count). The Morgan fingerprint density at radius 2 is 1.71 bits per heavy atom. The van der Waals surface area contributed by atoms with Crippen LogP contribution in [0.3, 0.4) is 0 Å². The molecule has 0 fully saturated rings. The van der Waals surface area contributed by atoms with E-state index in [0.29, 0.717) is 23.2 Å². The highest BCUT2D eigenvalue weighted by molar-refractivity contribution is 9.10. The van der Waals surface area contributed by atoms with Crippen LogP contribution in [0.25, 0.3) is 23.5 Å². The summed E-state index contributed by atoms with van der Waals surface area (Å²) in [5.74, 6) is 2.34. The van der Waals surface area contributed by atoms with Crippen LogP contribution in [0.4, 0.5) is 0 Å². The number of nitrogens with zero attached hydrogens (tertiary/aromatic N) is 2. The first-order chi connectivity index (χ1) is 11.7. The summed E-state index contributed by atoms with van der Waals surface area (Å²) >= 11 is 3.40. The predicted octanol–water partition coefficient (Wildman–Crippen LogP) is 4.69. The third-order valence-corrected chi connectivity index (χ3v) is 3.90. The van der Waals surface area contributed by atoms with Gasteiger partial charge in [0.2, 0.25) is 5.82 Å². The minimum Gasteiger partial charge on any atom is -0.493 e. The van der Waals surface area contributed by atoms with Gasteiger partial charge in [-0.3, -0.25) is 0 Å². The summed E-state index contributed by atoms with van der Waals surface area (Å²) in [7, 11) is 3.21. The molecule has 0 aliphatic heterocycles. The van der Waals surface area contributed by atoms with E-state index >= 15 is 0 Å².